The Morgan fingerprint density at radius 1 is 1.38 bits per heavy atom. The van der Waals surface area contributed by atoms with Crippen LogP contribution in [0.3, 0.4) is 0 Å². The van der Waals surface area contributed by atoms with E-state index in [1.807, 2.05) is 43.6 Å². The zero-order valence-electron chi connectivity index (χ0n) is 14.7. The molecule has 8 heteroatoms. The van der Waals surface area contributed by atoms with Gasteiger partial charge in [-0.3, -0.25) is 14.6 Å². The van der Waals surface area contributed by atoms with Crippen molar-refractivity contribution < 1.29 is 4.79 Å². The highest BCUT2D eigenvalue weighted by molar-refractivity contribution is 5.94. The van der Waals surface area contributed by atoms with E-state index in [-0.39, 0.29) is 11.9 Å². The summed E-state index contributed by atoms with van der Waals surface area (Å²) in [6.45, 7) is 6.72. The molecule has 0 spiro atoms. The summed E-state index contributed by atoms with van der Waals surface area (Å²) >= 11 is 0. The molecule has 1 amide bonds. The number of amides is 1. The van der Waals surface area contributed by atoms with E-state index in [0.717, 1.165) is 35.7 Å². The maximum absolute atomic E-state index is 12.9. The van der Waals surface area contributed by atoms with Gasteiger partial charge in [-0.05, 0) is 27.0 Å². The number of aryl methyl sites for hydroxylation is 2. The molecule has 1 fully saturated rings. The molecular weight excluding hydrogens is 306 g/mol. The molecule has 0 radical (unpaired) electrons. The normalized spacial score (nSPS) is 19.0. The van der Waals surface area contributed by atoms with E-state index in [1.54, 1.807) is 0 Å². The van der Waals surface area contributed by atoms with Gasteiger partial charge in [0.05, 0.1) is 17.4 Å². The number of carbonyl (C=O) groups is 1. The number of nitrogens with two attached hydrogens (primary N) is 1. The van der Waals surface area contributed by atoms with Crippen molar-refractivity contribution in [2.75, 3.05) is 33.2 Å². The Balaban J connectivity index is 1.86. The van der Waals surface area contributed by atoms with Crippen molar-refractivity contribution in [1.82, 2.24) is 29.8 Å². The van der Waals surface area contributed by atoms with Gasteiger partial charge in [-0.1, -0.05) is 0 Å². The lowest BCUT2D eigenvalue weighted by Gasteiger charge is -2.39. The highest BCUT2D eigenvalue weighted by Gasteiger charge is 2.30. The van der Waals surface area contributed by atoms with Gasteiger partial charge in [0, 0.05) is 44.5 Å². The molecule has 24 heavy (non-hydrogen) atoms. The van der Waals surface area contributed by atoms with Crippen LogP contribution in [0, 0.1) is 13.8 Å². The van der Waals surface area contributed by atoms with Gasteiger partial charge in [-0.15, -0.1) is 0 Å². The lowest BCUT2D eigenvalue weighted by atomic mass is 10.1. The molecule has 130 valence electrons. The van der Waals surface area contributed by atoms with Crippen LogP contribution in [0.5, 0.6) is 0 Å². The van der Waals surface area contributed by atoms with Crippen LogP contribution in [0.2, 0.25) is 0 Å². The highest BCUT2D eigenvalue weighted by atomic mass is 16.2. The van der Waals surface area contributed by atoms with Gasteiger partial charge in [0.15, 0.2) is 0 Å². The number of likely N-dealkylation sites (N-methyl/N-ethyl adjacent to an activating group) is 1. The number of piperazine rings is 1. The van der Waals surface area contributed by atoms with Gasteiger partial charge >= 0.3 is 0 Å². The zero-order valence-corrected chi connectivity index (χ0v) is 14.7. The van der Waals surface area contributed by atoms with Crippen molar-refractivity contribution in [3.05, 3.63) is 23.1 Å². The molecule has 1 atom stereocenters. The van der Waals surface area contributed by atoms with Crippen molar-refractivity contribution in [2.24, 2.45) is 12.8 Å². The number of hydrogen-bond acceptors (Lipinski definition) is 5. The number of aromatic nitrogens is 4. The highest BCUT2D eigenvalue weighted by Crippen LogP contribution is 2.25. The number of hydrogen-bond donors (Lipinski definition) is 2. The second kappa shape index (κ2) is 6.37. The number of aromatic amines is 1. The quantitative estimate of drug-likeness (QED) is 0.834. The largest absolute Gasteiger partial charge is 0.331 e. The van der Waals surface area contributed by atoms with Gasteiger partial charge in [-0.25, -0.2) is 0 Å². The third kappa shape index (κ3) is 2.83. The van der Waals surface area contributed by atoms with Crippen LogP contribution in [-0.4, -0.2) is 75.0 Å². The van der Waals surface area contributed by atoms with Gasteiger partial charge in [0.1, 0.15) is 5.69 Å². The number of nitrogens with zero attached hydrogens (tertiary/aromatic N) is 5. The maximum Gasteiger partial charge on any atom is 0.272 e. The monoisotopic (exact) mass is 331 g/mol. The summed E-state index contributed by atoms with van der Waals surface area (Å²) in [5.41, 5.74) is 10.0. The molecule has 0 saturated carbocycles. The van der Waals surface area contributed by atoms with E-state index in [2.05, 4.69) is 20.2 Å². The van der Waals surface area contributed by atoms with Gasteiger partial charge in [0.25, 0.3) is 5.91 Å². The molecule has 1 saturated heterocycles. The Hall–Kier alpha value is -2.19. The fourth-order valence-electron chi connectivity index (χ4n) is 3.34. The molecule has 1 aliphatic heterocycles. The van der Waals surface area contributed by atoms with E-state index in [9.17, 15) is 4.79 Å². The van der Waals surface area contributed by atoms with Crippen molar-refractivity contribution >= 4 is 5.91 Å². The summed E-state index contributed by atoms with van der Waals surface area (Å²) in [4.78, 5) is 16.9. The van der Waals surface area contributed by atoms with Crippen LogP contribution in [0.25, 0.3) is 11.3 Å². The molecule has 3 heterocycles. The first kappa shape index (κ1) is 16.7. The number of carbonyl (C=O) groups excluding carboxylic acids is 1. The summed E-state index contributed by atoms with van der Waals surface area (Å²) in [5.74, 6) is -0.0449. The van der Waals surface area contributed by atoms with Crippen LogP contribution >= 0.6 is 0 Å². The summed E-state index contributed by atoms with van der Waals surface area (Å²) in [6, 6.07) is 1.84. The summed E-state index contributed by atoms with van der Waals surface area (Å²) < 4.78 is 1.83. The molecule has 2 aromatic rings. The Kier molecular flexibility index (Phi) is 4.42. The van der Waals surface area contributed by atoms with Gasteiger partial charge in [0.2, 0.25) is 0 Å². The number of rotatable bonds is 3. The Morgan fingerprint density at radius 2 is 2.12 bits per heavy atom. The van der Waals surface area contributed by atoms with Gasteiger partial charge < -0.3 is 15.5 Å². The number of nitrogens with one attached hydrogen (secondary N) is 1. The average molecular weight is 331 g/mol. The minimum atomic E-state index is -0.0449. The van der Waals surface area contributed by atoms with E-state index in [1.165, 1.54) is 0 Å². The van der Waals surface area contributed by atoms with Crippen molar-refractivity contribution in [2.45, 2.75) is 19.9 Å². The number of H-pyrrole nitrogens is 1. The molecule has 0 bridgehead atoms. The molecule has 0 aliphatic carbocycles. The SMILES string of the molecule is Cc1nn(C)c(C)c1-c1cc(C(=O)N2CCN(C)CC2CN)[nH]n1. The third-order valence-electron chi connectivity index (χ3n) is 4.79. The van der Waals surface area contributed by atoms with E-state index >= 15 is 0 Å². The summed E-state index contributed by atoms with van der Waals surface area (Å²) in [5, 5.41) is 11.6. The van der Waals surface area contributed by atoms with Crippen molar-refractivity contribution in [1.29, 1.82) is 0 Å². The second-order valence-corrected chi connectivity index (χ2v) is 6.49. The first-order chi connectivity index (χ1) is 11.4. The topological polar surface area (TPSA) is 96.1 Å². The predicted molar refractivity (Wildman–Crippen MR) is 91.6 cm³/mol. The molecule has 8 nitrogen and oxygen atoms in total. The first-order valence-corrected chi connectivity index (χ1v) is 8.18. The molecule has 1 unspecified atom stereocenters. The standard InChI is InChI=1S/C16H25N7O/c1-10-15(11(2)22(4)20-10)13-7-14(19-18-13)16(24)23-6-5-21(3)9-12(23)8-17/h7,12H,5-6,8-9,17H2,1-4H3,(H,18,19). The Bertz CT molecular complexity index is 748. The Morgan fingerprint density at radius 3 is 2.75 bits per heavy atom. The first-order valence-electron chi connectivity index (χ1n) is 8.18. The molecule has 2 aromatic heterocycles. The van der Waals surface area contributed by atoms with Crippen molar-refractivity contribution in [3.63, 3.8) is 0 Å². The van der Waals surface area contributed by atoms with E-state index < -0.39 is 0 Å². The summed E-state index contributed by atoms with van der Waals surface area (Å²) in [6.07, 6.45) is 0. The lowest BCUT2D eigenvalue weighted by Crippen LogP contribution is -2.56. The van der Waals surface area contributed by atoms with Crippen LogP contribution in [-0.2, 0) is 7.05 Å². The lowest BCUT2D eigenvalue weighted by molar-refractivity contribution is 0.0510. The van der Waals surface area contributed by atoms with Gasteiger partial charge in [-0.2, -0.15) is 10.2 Å². The van der Waals surface area contributed by atoms with E-state index in [4.69, 9.17) is 5.73 Å². The van der Waals surface area contributed by atoms with Crippen LogP contribution in [0.4, 0.5) is 0 Å². The second-order valence-electron chi connectivity index (χ2n) is 6.49. The Labute approximate surface area is 141 Å². The van der Waals surface area contributed by atoms with Crippen molar-refractivity contribution in [3.8, 4) is 11.3 Å². The summed E-state index contributed by atoms with van der Waals surface area (Å²) in [7, 11) is 3.95. The minimum absolute atomic E-state index is 0.0323. The fraction of sp³-hybridized carbons (Fsp3) is 0.562. The van der Waals surface area contributed by atoms with Crippen LogP contribution < -0.4 is 5.73 Å². The smallest absolute Gasteiger partial charge is 0.272 e. The molecule has 3 N–H and O–H groups in total. The van der Waals surface area contributed by atoms with Crippen LogP contribution in [0.1, 0.15) is 21.9 Å². The average Bonchev–Trinajstić information content (AvgIpc) is 3.12. The maximum atomic E-state index is 12.9. The van der Waals surface area contributed by atoms with E-state index in [0.29, 0.717) is 18.8 Å². The fourth-order valence-corrected chi connectivity index (χ4v) is 3.34. The third-order valence-corrected chi connectivity index (χ3v) is 4.79. The molecule has 1 aliphatic rings. The molecule has 0 aromatic carbocycles. The molecule has 3 rings (SSSR count). The molecular formula is C16H25N7O. The zero-order chi connectivity index (χ0) is 17.4. The van der Waals surface area contributed by atoms with Crippen LogP contribution in [0.15, 0.2) is 6.07 Å². The predicted octanol–water partition coefficient (Wildman–Crippen LogP) is 0.142. The minimum Gasteiger partial charge on any atom is -0.331 e.